The van der Waals surface area contributed by atoms with Gasteiger partial charge in [0.1, 0.15) is 11.5 Å². The number of phenolic OH excluding ortho intramolecular Hbond substituents is 2. The van der Waals surface area contributed by atoms with Crippen LogP contribution >= 0.6 is 0 Å². The molecule has 0 fully saturated rings. The molecule has 2 aromatic carbocycles. The average molecular weight is 313 g/mol. The minimum absolute atomic E-state index is 0.0573. The van der Waals surface area contributed by atoms with Crippen LogP contribution in [0.4, 0.5) is 5.69 Å². The number of amides is 1. The van der Waals surface area contributed by atoms with Crippen molar-refractivity contribution < 1.29 is 15.0 Å². The normalized spacial score (nSPS) is 10.8. The molecule has 0 bridgehead atoms. The molecule has 2 rings (SSSR count). The van der Waals surface area contributed by atoms with Gasteiger partial charge in [-0.25, -0.2) is 0 Å². The molecule has 0 radical (unpaired) electrons. The van der Waals surface area contributed by atoms with Gasteiger partial charge in [0.05, 0.1) is 5.69 Å². The van der Waals surface area contributed by atoms with E-state index in [4.69, 9.17) is 0 Å². The Morgan fingerprint density at radius 1 is 1.09 bits per heavy atom. The molecule has 0 spiro atoms. The monoisotopic (exact) mass is 313 g/mol. The van der Waals surface area contributed by atoms with Crippen molar-refractivity contribution in [3.63, 3.8) is 0 Å². The number of rotatable bonds is 4. The summed E-state index contributed by atoms with van der Waals surface area (Å²) in [6.45, 7) is 7.53. The van der Waals surface area contributed by atoms with E-state index in [1.165, 1.54) is 0 Å². The van der Waals surface area contributed by atoms with Gasteiger partial charge in [0, 0.05) is 5.92 Å². The third kappa shape index (κ3) is 4.03. The number of hydrogen-bond donors (Lipinski definition) is 3. The fourth-order valence-corrected chi connectivity index (χ4v) is 2.52. The van der Waals surface area contributed by atoms with Gasteiger partial charge in [0.15, 0.2) is 0 Å². The zero-order chi connectivity index (χ0) is 17.1. The van der Waals surface area contributed by atoms with Crippen LogP contribution in [0.1, 0.15) is 36.1 Å². The molecule has 0 aliphatic heterocycles. The van der Waals surface area contributed by atoms with Crippen LogP contribution in [-0.4, -0.2) is 16.1 Å². The second kappa shape index (κ2) is 6.73. The van der Waals surface area contributed by atoms with Crippen molar-refractivity contribution in [2.24, 2.45) is 5.92 Å². The fourth-order valence-electron chi connectivity index (χ4n) is 2.52. The molecule has 0 heterocycles. The van der Waals surface area contributed by atoms with E-state index in [0.29, 0.717) is 12.1 Å². The summed E-state index contributed by atoms with van der Waals surface area (Å²) in [7, 11) is 0. The Hall–Kier alpha value is -2.49. The van der Waals surface area contributed by atoms with E-state index < -0.39 is 0 Å². The number of hydrogen-bond acceptors (Lipinski definition) is 3. The summed E-state index contributed by atoms with van der Waals surface area (Å²) in [6.07, 6.45) is 0.669. The van der Waals surface area contributed by atoms with Gasteiger partial charge in [-0.2, -0.15) is 0 Å². The Labute approximate surface area is 136 Å². The van der Waals surface area contributed by atoms with Crippen LogP contribution < -0.4 is 5.32 Å². The molecule has 4 nitrogen and oxygen atoms in total. The number of nitrogens with one attached hydrogen (secondary N) is 1. The molecular formula is C19H23NO3. The summed E-state index contributed by atoms with van der Waals surface area (Å²) in [5.74, 6) is 0.0373. The van der Waals surface area contributed by atoms with Gasteiger partial charge in [0.25, 0.3) is 0 Å². The number of anilines is 1. The Morgan fingerprint density at radius 2 is 1.70 bits per heavy atom. The maximum absolute atomic E-state index is 11.8. The minimum Gasteiger partial charge on any atom is -0.508 e. The van der Waals surface area contributed by atoms with Crippen LogP contribution in [0.5, 0.6) is 11.5 Å². The molecule has 122 valence electrons. The number of phenols is 2. The highest BCUT2D eigenvalue weighted by molar-refractivity contribution is 5.93. The molecular weight excluding hydrogens is 290 g/mol. The molecule has 23 heavy (non-hydrogen) atoms. The third-order valence-corrected chi connectivity index (χ3v) is 3.90. The summed E-state index contributed by atoms with van der Waals surface area (Å²) in [5, 5.41) is 22.3. The Kier molecular flexibility index (Phi) is 4.94. The smallest absolute Gasteiger partial charge is 0.227 e. The highest BCUT2D eigenvalue weighted by Crippen LogP contribution is 2.28. The number of carbonyl (C=O) groups is 1. The van der Waals surface area contributed by atoms with Crippen molar-refractivity contribution in [2.75, 3.05) is 5.32 Å². The quantitative estimate of drug-likeness (QED) is 0.750. The predicted molar refractivity (Wildman–Crippen MR) is 92.0 cm³/mol. The van der Waals surface area contributed by atoms with Gasteiger partial charge in [-0.1, -0.05) is 19.9 Å². The molecule has 0 aromatic heterocycles. The number of benzene rings is 2. The van der Waals surface area contributed by atoms with Crippen LogP contribution in [0, 0.1) is 19.8 Å². The van der Waals surface area contributed by atoms with Crippen molar-refractivity contribution >= 4 is 11.6 Å². The van der Waals surface area contributed by atoms with Gasteiger partial charge >= 0.3 is 0 Å². The first-order valence-corrected chi connectivity index (χ1v) is 7.69. The highest BCUT2D eigenvalue weighted by atomic mass is 16.3. The summed E-state index contributed by atoms with van der Waals surface area (Å²) < 4.78 is 0. The van der Waals surface area contributed by atoms with Crippen molar-refractivity contribution in [3.05, 3.63) is 52.6 Å². The second-order valence-corrected chi connectivity index (χ2v) is 6.23. The Bertz CT molecular complexity index is 712. The lowest BCUT2D eigenvalue weighted by atomic mass is 9.95. The zero-order valence-electron chi connectivity index (χ0n) is 14.0. The van der Waals surface area contributed by atoms with E-state index in [-0.39, 0.29) is 23.3 Å². The van der Waals surface area contributed by atoms with Gasteiger partial charge in [0.2, 0.25) is 5.91 Å². The van der Waals surface area contributed by atoms with E-state index >= 15 is 0 Å². The van der Waals surface area contributed by atoms with E-state index in [9.17, 15) is 15.0 Å². The molecule has 0 aliphatic carbocycles. The molecule has 0 atom stereocenters. The van der Waals surface area contributed by atoms with E-state index in [0.717, 1.165) is 22.3 Å². The number of carbonyl (C=O) groups excluding carboxylic acids is 1. The molecule has 4 heteroatoms. The first kappa shape index (κ1) is 16.9. The van der Waals surface area contributed by atoms with Crippen LogP contribution in [0.25, 0.3) is 0 Å². The lowest BCUT2D eigenvalue weighted by Gasteiger charge is -2.14. The molecule has 3 N–H and O–H groups in total. The van der Waals surface area contributed by atoms with E-state index in [2.05, 4.69) is 5.32 Å². The van der Waals surface area contributed by atoms with Gasteiger partial charge < -0.3 is 15.5 Å². The fraction of sp³-hybridized carbons (Fsp3) is 0.316. The van der Waals surface area contributed by atoms with Crippen molar-refractivity contribution in [1.82, 2.24) is 0 Å². The molecule has 0 aliphatic rings. The van der Waals surface area contributed by atoms with Crippen LogP contribution in [0.15, 0.2) is 30.3 Å². The average Bonchev–Trinajstić information content (AvgIpc) is 2.45. The predicted octanol–water partition coefficient (Wildman–Crippen LogP) is 3.90. The number of aryl methyl sites for hydroxylation is 2. The molecule has 0 unspecified atom stereocenters. The van der Waals surface area contributed by atoms with Crippen LogP contribution in [0.3, 0.4) is 0 Å². The van der Waals surface area contributed by atoms with Crippen LogP contribution in [-0.2, 0) is 11.2 Å². The first-order valence-electron chi connectivity index (χ1n) is 7.69. The van der Waals surface area contributed by atoms with Gasteiger partial charge in [-0.3, -0.25) is 4.79 Å². The topological polar surface area (TPSA) is 69.6 Å². The van der Waals surface area contributed by atoms with Crippen molar-refractivity contribution in [1.29, 1.82) is 0 Å². The Morgan fingerprint density at radius 3 is 2.26 bits per heavy atom. The minimum atomic E-state index is -0.153. The highest BCUT2D eigenvalue weighted by Gasteiger charge is 2.12. The van der Waals surface area contributed by atoms with Gasteiger partial charge in [-0.05, 0) is 66.8 Å². The zero-order valence-corrected chi connectivity index (χ0v) is 14.0. The summed E-state index contributed by atoms with van der Waals surface area (Å²) in [6, 6.07) is 8.71. The summed E-state index contributed by atoms with van der Waals surface area (Å²) in [5.41, 5.74) is 4.58. The van der Waals surface area contributed by atoms with Crippen LogP contribution in [0.2, 0.25) is 0 Å². The summed E-state index contributed by atoms with van der Waals surface area (Å²) in [4.78, 5) is 11.8. The standard InChI is InChI=1S/C19H23NO3/c1-11(2)19(23)20-17-10-14(5-6-18(17)22)9-16-12(3)7-15(21)8-13(16)4/h5-8,10-11,21-22H,9H2,1-4H3,(H,20,23). The maximum atomic E-state index is 11.8. The molecule has 2 aromatic rings. The van der Waals surface area contributed by atoms with Crippen molar-refractivity contribution in [3.8, 4) is 11.5 Å². The van der Waals surface area contributed by atoms with E-state index in [1.54, 1.807) is 38.1 Å². The first-order chi connectivity index (χ1) is 10.8. The van der Waals surface area contributed by atoms with Crippen molar-refractivity contribution in [2.45, 2.75) is 34.1 Å². The second-order valence-electron chi connectivity index (χ2n) is 6.23. The van der Waals surface area contributed by atoms with Gasteiger partial charge in [-0.15, -0.1) is 0 Å². The third-order valence-electron chi connectivity index (χ3n) is 3.90. The SMILES string of the molecule is Cc1cc(O)cc(C)c1Cc1ccc(O)c(NC(=O)C(C)C)c1. The molecule has 0 saturated carbocycles. The van der Waals surface area contributed by atoms with E-state index in [1.807, 2.05) is 19.9 Å². The number of aromatic hydroxyl groups is 2. The molecule has 0 saturated heterocycles. The largest absolute Gasteiger partial charge is 0.508 e. The lowest BCUT2D eigenvalue weighted by Crippen LogP contribution is -2.17. The Balaban J connectivity index is 2.30. The lowest BCUT2D eigenvalue weighted by molar-refractivity contribution is -0.118. The maximum Gasteiger partial charge on any atom is 0.227 e. The summed E-state index contributed by atoms with van der Waals surface area (Å²) >= 11 is 0. The molecule has 1 amide bonds.